The first-order valence-corrected chi connectivity index (χ1v) is 7.79. The van der Waals surface area contributed by atoms with Gasteiger partial charge in [0.05, 0.1) is 4.90 Å². The third-order valence-corrected chi connectivity index (χ3v) is 5.70. The molecule has 0 aliphatic carbocycles. The number of rotatable bonds is 3. The number of sulfonamides is 1. The molecule has 94 valence electrons. The van der Waals surface area contributed by atoms with Gasteiger partial charge < -0.3 is 5.73 Å². The SMILES string of the molecule is CC1=CCCN(S(=O)(=O)c2csc(CN)c2)C1. The lowest BCUT2D eigenvalue weighted by molar-refractivity contribution is 0.428. The van der Waals surface area contributed by atoms with Gasteiger partial charge >= 0.3 is 0 Å². The van der Waals surface area contributed by atoms with Gasteiger partial charge in [-0.3, -0.25) is 0 Å². The summed E-state index contributed by atoms with van der Waals surface area (Å²) in [5.41, 5.74) is 6.61. The second kappa shape index (κ2) is 4.89. The lowest BCUT2D eigenvalue weighted by Crippen LogP contribution is -2.35. The highest BCUT2D eigenvalue weighted by molar-refractivity contribution is 7.89. The van der Waals surface area contributed by atoms with E-state index in [9.17, 15) is 8.42 Å². The molecule has 0 aromatic carbocycles. The van der Waals surface area contributed by atoms with E-state index in [0.29, 0.717) is 24.5 Å². The Morgan fingerprint density at radius 2 is 2.29 bits per heavy atom. The molecule has 2 heterocycles. The Balaban J connectivity index is 2.27. The molecule has 17 heavy (non-hydrogen) atoms. The highest BCUT2D eigenvalue weighted by atomic mass is 32.2. The van der Waals surface area contributed by atoms with Crippen molar-refractivity contribution < 1.29 is 8.42 Å². The van der Waals surface area contributed by atoms with E-state index in [2.05, 4.69) is 6.08 Å². The predicted octanol–water partition coefficient (Wildman–Crippen LogP) is 1.55. The number of nitrogens with zero attached hydrogens (tertiary/aromatic N) is 1. The van der Waals surface area contributed by atoms with Crippen molar-refractivity contribution in [2.75, 3.05) is 13.1 Å². The van der Waals surface area contributed by atoms with Crippen molar-refractivity contribution >= 4 is 21.4 Å². The molecule has 0 fully saturated rings. The molecular formula is C11H16N2O2S2. The maximum atomic E-state index is 12.3. The van der Waals surface area contributed by atoms with E-state index in [1.165, 1.54) is 15.6 Å². The van der Waals surface area contributed by atoms with Crippen LogP contribution in [0.25, 0.3) is 0 Å². The van der Waals surface area contributed by atoms with Crippen LogP contribution in [0.3, 0.4) is 0 Å². The molecule has 0 radical (unpaired) electrons. The topological polar surface area (TPSA) is 63.4 Å². The molecule has 4 nitrogen and oxygen atoms in total. The average molecular weight is 272 g/mol. The van der Waals surface area contributed by atoms with Gasteiger partial charge in [-0.05, 0) is 19.4 Å². The molecule has 0 amide bonds. The van der Waals surface area contributed by atoms with Gasteiger partial charge in [0.2, 0.25) is 10.0 Å². The van der Waals surface area contributed by atoms with Crippen molar-refractivity contribution in [2.45, 2.75) is 24.8 Å². The Morgan fingerprint density at radius 3 is 2.88 bits per heavy atom. The van der Waals surface area contributed by atoms with Crippen molar-refractivity contribution in [3.05, 3.63) is 28.0 Å². The van der Waals surface area contributed by atoms with Crippen LogP contribution in [0.15, 0.2) is 28.0 Å². The van der Waals surface area contributed by atoms with Gasteiger partial charge in [-0.15, -0.1) is 11.3 Å². The van der Waals surface area contributed by atoms with Gasteiger partial charge in [0.25, 0.3) is 0 Å². The highest BCUT2D eigenvalue weighted by Gasteiger charge is 2.26. The average Bonchev–Trinajstić information content (AvgIpc) is 2.78. The molecule has 2 rings (SSSR count). The monoisotopic (exact) mass is 272 g/mol. The van der Waals surface area contributed by atoms with Crippen LogP contribution >= 0.6 is 11.3 Å². The largest absolute Gasteiger partial charge is 0.326 e. The Labute approximate surface area is 106 Å². The van der Waals surface area contributed by atoms with Crippen LogP contribution in [0.1, 0.15) is 18.2 Å². The van der Waals surface area contributed by atoms with E-state index in [1.54, 1.807) is 11.4 Å². The normalized spacial score (nSPS) is 18.1. The number of nitrogens with two attached hydrogens (primary N) is 1. The first kappa shape index (κ1) is 12.8. The number of thiophene rings is 1. The van der Waals surface area contributed by atoms with Gasteiger partial charge in [-0.1, -0.05) is 11.6 Å². The molecule has 1 aliphatic heterocycles. The molecular weight excluding hydrogens is 256 g/mol. The molecule has 0 spiro atoms. The summed E-state index contributed by atoms with van der Waals surface area (Å²) in [6, 6.07) is 1.67. The van der Waals surface area contributed by atoms with Gasteiger partial charge in [-0.2, -0.15) is 4.31 Å². The first-order chi connectivity index (χ1) is 8.04. The van der Waals surface area contributed by atoms with Crippen LogP contribution in [0.5, 0.6) is 0 Å². The molecule has 6 heteroatoms. The van der Waals surface area contributed by atoms with Crippen LogP contribution in [0.4, 0.5) is 0 Å². The third-order valence-electron chi connectivity index (χ3n) is 2.77. The summed E-state index contributed by atoms with van der Waals surface area (Å²) >= 11 is 1.40. The molecule has 0 saturated carbocycles. The molecule has 0 unspecified atom stereocenters. The standard InChI is InChI=1S/C11H16N2O2S2/c1-9-3-2-4-13(7-9)17(14,15)11-5-10(6-12)16-8-11/h3,5,8H,2,4,6-7,12H2,1H3. The quantitative estimate of drug-likeness (QED) is 0.849. The molecule has 0 bridgehead atoms. The zero-order valence-electron chi connectivity index (χ0n) is 9.72. The number of hydrogen-bond donors (Lipinski definition) is 1. The summed E-state index contributed by atoms with van der Waals surface area (Å²) in [5.74, 6) is 0. The van der Waals surface area contributed by atoms with Crippen molar-refractivity contribution in [1.29, 1.82) is 0 Å². The summed E-state index contributed by atoms with van der Waals surface area (Å²) < 4.78 is 26.2. The van der Waals surface area contributed by atoms with Crippen LogP contribution in [0, 0.1) is 0 Å². The molecule has 2 N–H and O–H groups in total. The van der Waals surface area contributed by atoms with E-state index in [-0.39, 0.29) is 0 Å². The summed E-state index contributed by atoms with van der Waals surface area (Å²) in [6.45, 7) is 3.41. The van der Waals surface area contributed by atoms with Crippen molar-refractivity contribution in [2.24, 2.45) is 5.73 Å². The minimum absolute atomic E-state index is 0.373. The van der Waals surface area contributed by atoms with Crippen LogP contribution < -0.4 is 5.73 Å². The number of hydrogen-bond acceptors (Lipinski definition) is 4. The third kappa shape index (κ3) is 2.60. The van der Waals surface area contributed by atoms with E-state index >= 15 is 0 Å². The minimum atomic E-state index is -3.34. The van der Waals surface area contributed by atoms with Gasteiger partial charge in [-0.25, -0.2) is 8.42 Å². The Hall–Kier alpha value is -0.690. The summed E-state index contributed by atoms with van der Waals surface area (Å²) in [6.07, 6.45) is 2.88. The van der Waals surface area contributed by atoms with Crippen LogP contribution in [0.2, 0.25) is 0 Å². The van der Waals surface area contributed by atoms with E-state index in [0.717, 1.165) is 16.9 Å². The maximum absolute atomic E-state index is 12.3. The van der Waals surface area contributed by atoms with Crippen molar-refractivity contribution in [1.82, 2.24) is 4.31 Å². The Bertz CT molecular complexity index is 531. The Morgan fingerprint density at radius 1 is 1.53 bits per heavy atom. The van der Waals surface area contributed by atoms with Gasteiger partial charge in [0, 0.05) is 29.9 Å². The first-order valence-electron chi connectivity index (χ1n) is 5.47. The fourth-order valence-electron chi connectivity index (χ4n) is 1.83. The van der Waals surface area contributed by atoms with Crippen LogP contribution in [-0.2, 0) is 16.6 Å². The lowest BCUT2D eigenvalue weighted by atomic mass is 10.2. The molecule has 1 aliphatic rings. The smallest absolute Gasteiger partial charge is 0.244 e. The second-order valence-electron chi connectivity index (χ2n) is 4.13. The maximum Gasteiger partial charge on any atom is 0.244 e. The fourth-order valence-corrected chi connectivity index (χ4v) is 4.47. The molecule has 0 atom stereocenters. The fraction of sp³-hybridized carbons (Fsp3) is 0.455. The van der Waals surface area contributed by atoms with Crippen molar-refractivity contribution in [3.8, 4) is 0 Å². The van der Waals surface area contributed by atoms with E-state index < -0.39 is 10.0 Å². The zero-order valence-corrected chi connectivity index (χ0v) is 11.4. The molecule has 0 saturated heterocycles. The summed E-state index contributed by atoms with van der Waals surface area (Å²) in [5, 5.41) is 1.67. The Kier molecular flexibility index (Phi) is 3.67. The van der Waals surface area contributed by atoms with Crippen molar-refractivity contribution in [3.63, 3.8) is 0 Å². The molecule has 1 aromatic heterocycles. The minimum Gasteiger partial charge on any atom is -0.326 e. The van der Waals surface area contributed by atoms with Crippen LogP contribution in [-0.4, -0.2) is 25.8 Å². The van der Waals surface area contributed by atoms with Gasteiger partial charge in [0.15, 0.2) is 0 Å². The van der Waals surface area contributed by atoms with E-state index in [4.69, 9.17) is 5.73 Å². The van der Waals surface area contributed by atoms with E-state index in [1.807, 2.05) is 6.92 Å². The summed E-state index contributed by atoms with van der Waals surface area (Å²) in [7, 11) is -3.34. The summed E-state index contributed by atoms with van der Waals surface area (Å²) in [4.78, 5) is 1.27. The zero-order chi connectivity index (χ0) is 12.5. The highest BCUT2D eigenvalue weighted by Crippen LogP contribution is 2.24. The lowest BCUT2D eigenvalue weighted by Gasteiger charge is -2.24. The second-order valence-corrected chi connectivity index (χ2v) is 7.06. The predicted molar refractivity (Wildman–Crippen MR) is 69.3 cm³/mol. The molecule has 1 aromatic rings. The van der Waals surface area contributed by atoms with Gasteiger partial charge in [0.1, 0.15) is 0 Å².